The van der Waals surface area contributed by atoms with E-state index in [0.717, 1.165) is 23.0 Å². The van der Waals surface area contributed by atoms with Gasteiger partial charge in [-0.1, -0.05) is 54.9 Å². The number of aromatic nitrogens is 1. The van der Waals surface area contributed by atoms with Gasteiger partial charge in [0.05, 0.1) is 6.10 Å². The molecule has 164 valence electrons. The Morgan fingerprint density at radius 3 is 2.37 bits per heavy atom. The van der Waals surface area contributed by atoms with E-state index in [9.17, 15) is 4.79 Å². The van der Waals surface area contributed by atoms with Gasteiger partial charge in [-0.2, -0.15) is 0 Å². The van der Waals surface area contributed by atoms with Crippen LogP contribution in [0, 0.1) is 0 Å². The zero-order valence-electron chi connectivity index (χ0n) is 18.9. The van der Waals surface area contributed by atoms with E-state index in [1.807, 2.05) is 12.1 Å². The fraction of sp³-hybridized carbons (Fsp3) is 0.478. The molecule has 0 bridgehead atoms. The van der Waals surface area contributed by atoms with Gasteiger partial charge in [0.2, 0.25) is 5.91 Å². The fourth-order valence-electron chi connectivity index (χ4n) is 2.73. The van der Waals surface area contributed by atoms with E-state index in [2.05, 4.69) is 89.7 Å². The van der Waals surface area contributed by atoms with Gasteiger partial charge in [0, 0.05) is 24.1 Å². The van der Waals surface area contributed by atoms with Gasteiger partial charge >= 0.3 is 0 Å². The Hall–Kier alpha value is -1.54. The smallest absolute Gasteiger partial charge is 0.222 e. The van der Waals surface area contributed by atoms with Gasteiger partial charge in [-0.25, -0.2) is 4.98 Å². The van der Waals surface area contributed by atoms with Crippen molar-refractivity contribution in [2.75, 3.05) is 18.4 Å². The molecule has 0 aliphatic heterocycles. The molecule has 0 unspecified atom stereocenters. The minimum Gasteiger partial charge on any atom is -0.409 e. The lowest BCUT2D eigenvalue weighted by atomic mass is 10.1. The second-order valence-corrected chi connectivity index (χ2v) is 14.8. The van der Waals surface area contributed by atoms with Crippen molar-refractivity contribution >= 4 is 36.0 Å². The second-order valence-electron chi connectivity index (χ2n) is 9.11. The van der Waals surface area contributed by atoms with Crippen molar-refractivity contribution in [3.8, 4) is 0 Å². The first-order valence-corrected chi connectivity index (χ1v) is 14.0. The van der Waals surface area contributed by atoms with Crippen LogP contribution in [-0.4, -0.2) is 32.3 Å². The van der Waals surface area contributed by atoms with Gasteiger partial charge in [-0.05, 0) is 60.4 Å². The van der Waals surface area contributed by atoms with Crippen LogP contribution in [-0.2, 0) is 15.6 Å². The van der Waals surface area contributed by atoms with Crippen LogP contribution in [0.15, 0.2) is 47.1 Å². The van der Waals surface area contributed by atoms with E-state index in [4.69, 9.17) is 4.43 Å². The summed E-state index contributed by atoms with van der Waals surface area (Å²) < 4.78 is 7.81. The number of anilines is 1. The molecule has 0 radical (unpaired) electrons. The topological polar surface area (TPSA) is 63.2 Å². The summed E-state index contributed by atoms with van der Waals surface area (Å²) in [7, 11) is -1.96. The molecule has 1 atom stereocenters. The third kappa shape index (κ3) is 7.61. The first-order chi connectivity index (χ1) is 14.0. The van der Waals surface area contributed by atoms with Crippen molar-refractivity contribution in [2.24, 2.45) is 0 Å². The Bertz CT molecular complexity index is 818. The number of benzene rings is 1. The lowest BCUT2D eigenvalue weighted by Gasteiger charge is -2.39. The van der Waals surface area contributed by atoms with Crippen LogP contribution in [0.5, 0.6) is 0 Å². The molecule has 0 spiro atoms. The number of carbonyl (C=O) groups is 1. The molecule has 0 aliphatic rings. The van der Waals surface area contributed by atoms with Gasteiger partial charge in [-0.15, -0.1) is 0 Å². The summed E-state index contributed by atoms with van der Waals surface area (Å²) in [6.45, 7) is 14.3. The highest BCUT2D eigenvalue weighted by Gasteiger charge is 2.39. The van der Waals surface area contributed by atoms with Gasteiger partial charge in [0.15, 0.2) is 8.32 Å². The number of nitrogens with zero attached hydrogens (tertiary/aromatic N) is 1. The largest absolute Gasteiger partial charge is 0.409 e. The van der Waals surface area contributed by atoms with E-state index in [1.165, 1.54) is 12.5 Å². The minimum absolute atomic E-state index is 0.0883. The molecule has 0 aliphatic carbocycles. The van der Waals surface area contributed by atoms with Crippen LogP contribution in [0.25, 0.3) is 0 Å². The van der Waals surface area contributed by atoms with Crippen molar-refractivity contribution < 1.29 is 9.22 Å². The van der Waals surface area contributed by atoms with Gasteiger partial charge in [0.1, 0.15) is 5.82 Å². The number of amides is 1. The maximum atomic E-state index is 11.3. The molecule has 0 saturated heterocycles. The predicted molar refractivity (Wildman–Crippen MR) is 130 cm³/mol. The van der Waals surface area contributed by atoms with E-state index in [-0.39, 0.29) is 17.0 Å². The molecular weight excluding hydrogens is 458 g/mol. The molecule has 2 rings (SSSR count). The van der Waals surface area contributed by atoms with Crippen molar-refractivity contribution in [1.29, 1.82) is 0 Å². The molecule has 1 heterocycles. The molecule has 0 saturated carbocycles. The zero-order valence-corrected chi connectivity index (χ0v) is 21.5. The molecule has 1 amide bonds. The third-order valence-electron chi connectivity index (χ3n) is 5.54. The predicted octanol–water partition coefficient (Wildman–Crippen LogP) is 5.70. The van der Waals surface area contributed by atoms with Crippen LogP contribution >= 0.6 is 15.9 Å². The summed E-state index contributed by atoms with van der Waals surface area (Å²) in [5.41, 5.74) is 2.32. The van der Waals surface area contributed by atoms with Crippen LogP contribution in [0.3, 0.4) is 0 Å². The van der Waals surface area contributed by atoms with Crippen molar-refractivity contribution in [3.05, 3.63) is 58.2 Å². The lowest BCUT2D eigenvalue weighted by Crippen LogP contribution is -2.43. The first kappa shape index (κ1) is 24.7. The Morgan fingerprint density at radius 1 is 1.17 bits per heavy atom. The monoisotopic (exact) mass is 491 g/mol. The summed E-state index contributed by atoms with van der Waals surface area (Å²) in [5, 5.41) is 6.39. The Labute approximate surface area is 190 Å². The van der Waals surface area contributed by atoms with Crippen LogP contribution < -0.4 is 10.6 Å². The average molecular weight is 493 g/mol. The molecule has 2 aromatic rings. The SMILES string of the molecule is CC(=O)Nc1ccc([C@H](CNCCc2ccc(Br)cc2)O[Si](C)(C)C(C)(C)C)cn1. The summed E-state index contributed by atoms with van der Waals surface area (Å²) in [6, 6.07) is 12.2. The van der Waals surface area contributed by atoms with E-state index < -0.39 is 8.32 Å². The van der Waals surface area contributed by atoms with Crippen LogP contribution in [0.1, 0.15) is 44.9 Å². The molecule has 30 heavy (non-hydrogen) atoms. The normalized spacial score (nSPS) is 13.2. The molecule has 1 aromatic heterocycles. The maximum Gasteiger partial charge on any atom is 0.222 e. The molecule has 5 nitrogen and oxygen atoms in total. The first-order valence-electron chi connectivity index (χ1n) is 10.3. The van der Waals surface area contributed by atoms with Gasteiger partial charge < -0.3 is 15.1 Å². The van der Waals surface area contributed by atoms with Gasteiger partial charge in [-0.3, -0.25) is 4.79 Å². The minimum atomic E-state index is -1.96. The highest BCUT2D eigenvalue weighted by molar-refractivity contribution is 9.10. The third-order valence-corrected chi connectivity index (χ3v) is 10.6. The molecule has 1 aromatic carbocycles. The average Bonchev–Trinajstić information content (AvgIpc) is 2.65. The number of pyridine rings is 1. The lowest BCUT2D eigenvalue weighted by molar-refractivity contribution is -0.114. The molecule has 0 fully saturated rings. The number of hydrogen-bond acceptors (Lipinski definition) is 4. The number of nitrogens with one attached hydrogen (secondary N) is 2. The number of hydrogen-bond donors (Lipinski definition) is 2. The zero-order chi connectivity index (χ0) is 22.4. The standard InChI is InChI=1S/C23H34BrN3O2Si/c1-17(28)27-22-12-9-19(15-26-22)21(29-30(5,6)23(2,3)4)16-25-14-13-18-7-10-20(24)11-8-18/h7-12,15,21,25H,13-14,16H2,1-6H3,(H,26,27,28)/t21-/m0/s1. The fourth-order valence-corrected chi connectivity index (χ4v) is 4.28. The summed E-state index contributed by atoms with van der Waals surface area (Å²) in [5.74, 6) is 0.430. The van der Waals surface area contributed by atoms with Crippen molar-refractivity contribution in [1.82, 2.24) is 10.3 Å². The summed E-state index contributed by atoms with van der Waals surface area (Å²) in [4.78, 5) is 15.6. The van der Waals surface area contributed by atoms with Crippen LogP contribution in [0.2, 0.25) is 18.1 Å². The molecule has 2 N–H and O–H groups in total. The quantitative estimate of drug-likeness (QED) is 0.348. The molecule has 7 heteroatoms. The highest BCUT2D eigenvalue weighted by Crippen LogP contribution is 2.39. The number of carbonyl (C=O) groups excluding carboxylic acids is 1. The van der Waals surface area contributed by atoms with E-state index in [0.29, 0.717) is 12.4 Å². The number of rotatable bonds is 9. The Morgan fingerprint density at radius 2 is 1.83 bits per heavy atom. The Balaban J connectivity index is 2.06. The van der Waals surface area contributed by atoms with Crippen LogP contribution in [0.4, 0.5) is 5.82 Å². The van der Waals surface area contributed by atoms with Gasteiger partial charge in [0.25, 0.3) is 0 Å². The number of halogens is 1. The van der Waals surface area contributed by atoms with E-state index in [1.54, 1.807) is 6.20 Å². The summed E-state index contributed by atoms with van der Waals surface area (Å²) >= 11 is 3.48. The highest BCUT2D eigenvalue weighted by atomic mass is 79.9. The van der Waals surface area contributed by atoms with Crippen molar-refractivity contribution in [2.45, 2.75) is 58.4 Å². The Kier molecular flexibility index (Phi) is 8.79. The molecular formula is C23H34BrN3O2Si. The maximum absolute atomic E-state index is 11.3. The van der Waals surface area contributed by atoms with E-state index >= 15 is 0 Å². The summed E-state index contributed by atoms with van der Waals surface area (Å²) in [6.07, 6.45) is 2.67. The second kappa shape index (κ2) is 10.7. The van der Waals surface area contributed by atoms with Crippen molar-refractivity contribution in [3.63, 3.8) is 0 Å².